The largest absolute Gasteiger partial charge is 0.756 e. The van der Waals surface area contributed by atoms with Crippen molar-refractivity contribution in [3.63, 3.8) is 0 Å². The second-order valence-corrected chi connectivity index (χ2v) is 15.8. The van der Waals surface area contributed by atoms with Crippen LogP contribution in [0.5, 0.6) is 0 Å². The van der Waals surface area contributed by atoms with Crippen molar-refractivity contribution in [1.29, 1.82) is 0 Å². The summed E-state index contributed by atoms with van der Waals surface area (Å²) < 4.78 is 19.0. The minimum absolute atomic E-state index is 1.04. The summed E-state index contributed by atoms with van der Waals surface area (Å²) in [6.45, 7) is 11.3. The van der Waals surface area contributed by atoms with Crippen LogP contribution in [0.25, 0.3) is 0 Å². The molecule has 5 nitrogen and oxygen atoms in total. The predicted molar refractivity (Wildman–Crippen MR) is 198 cm³/mol. The Morgan fingerprint density at radius 3 is 0.733 bits per heavy atom. The summed E-state index contributed by atoms with van der Waals surface area (Å²) in [5, 5.41) is 0. The van der Waals surface area contributed by atoms with Crippen molar-refractivity contribution in [3.05, 3.63) is 0 Å². The van der Waals surface area contributed by atoms with Gasteiger partial charge in [-0.15, -0.1) is 0 Å². The van der Waals surface area contributed by atoms with E-state index in [0.29, 0.717) is 0 Å². The van der Waals surface area contributed by atoms with Gasteiger partial charge in [-0.1, -0.05) is 175 Å². The first-order valence-electron chi connectivity index (χ1n) is 20.1. The predicted octanol–water partition coefficient (Wildman–Crippen LogP) is 12.9. The first-order valence-corrected chi connectivity index (χ1v) is 21.5. The Kier molecular flexibility index (Phi) is 38.7. The second kappa shape index (κ2) is 36.9. The molecule has 0 saturated heterocycles. The van der Waals surface area contributed by atoms with E-state index in [1.165, 1.54) is 217 Å². The average molecular weight is 662 g/mol. The van der Waals surface area contributed by atoms with Gasteiger partial charge in [-0.2, -0.15) is 0 Å². The van der Waals surface area contributed by atoms with Crippen molar-refractivity contribution in [2.75, 3.05) is 40.9 Å². The van der Waals surface area contributed by atoms with Gasteiger partial charge in [0.15, 0.2) is 0 Å². The zero-order chi connectivity index (χ0) is 33.7. The monoisotopic (exact) mass is 662 g/mol. The van der Waals surface area contributed by atoms with Gasteiger partial charge in [0, 0.05) is 14.2 Å². The molecule has 0 amide bonds. The molecule has 0 aliphatic rings. The van der Waals surface area contributed by atoms with Gasteiger partial charge >= 0.3 is 0 Å². The summed E-state index contributed by atoms with van der Waals surface area (Å²) in [6.07, 6.45) is 43.8. The molecule has 0 aromatic rings. The van der Waals surface area contributed by atoms with Gasteiger partial charge in [-0.05, 0) is 38.5 Å². The minimum Gasteiger partial charge on any atom is -0.756 e. The zero-order valence-corrected chi connectivity index (χ0v) is 32.8. The highest BCUT2D eigenvalue weighted by molar-refractivity contribution is 7.45. The molecule has 0 aromatic heterocycles. The van der Waals surface area contributed by atoms with Crippen LogP contribution in [-0.4, -0.2) is 45.4 Å². The van der Waals surface area contributed by atoms with Crippen LogP contribution in [-0.2, 0) is 13.6 Å². The van der Waals surface area contributed by atoms with Gasteiger partial charge < -0.3 is 18.4 Å². The fourth-order valence-electron chi connectivity index (χ4n) is 6.35. The van der Waals surface area contributed by atoms with Gasteiger partial charge in [-0.25, -0.2) is 0 Å². The molecule has 6 heteroatoms. The third kappa shape index (κ3) is 38.4. The lowest BCUT2D eigenvalue weighted by atomic mass is 10.0. The highest BCUT2D eigenvalue weighted by Crippen LogP contribution is 2.34. The average Bonchev–Trinajstić information content (AvgIpc) is 3.04. The summed E-state index contributed by atoms with van der Waals surface area (Å²) in [4.78, 5) is 9.95. The smallest absolute Gasteiger partial charge is 0.267 e. The van der Waals surface area contributed by atoms with Crippen molar-refractivity contribution in [3.8, 4) is 0 Å². The van der Waals surface area contributed by atoms with Crippen LogP contribution in [0.2, 0.25) is 0 Å². The summed E-state index contributed by atoms with van der Waals surface area (Å²) >= 11 is 0. The van der Waals surface area contributed by atoms with Crippen LogP contribution in [0.3, 0.4) is 0 Å². The number of unbranched alkanes of at least 4 members (excludes halogenated alkanes) is 27. The van der Waals surface area contributed by atoms with Crippen LogP contribution < -0.4 is 4.89 Å². The molecule has 0 spiro atoms. The quantitative estimate of drug-likeness (QED) is 0.0385. The molecule has 0 saturated carbocycles. The summed E-state index contributed by atoms with van der Waals surface area (Å²) in [6, 6.07) is 0. The van der Waals surface area contributed by atoms with Crippen LogP contribution in [0.4, 0.5) is 0 Å². The Morgan fingerprint density at radius 1 is 0.400 bits per heavy atom. The normalized spacial score (nSPS) is 12.0. The SMILES string of the molecule is CCCCCCCCCCCC[N+](C)(CCCCCCCCCCCC)CCCCCCCCCCCC.COP(=O)([O-])OC. The van der Waals surface area contributed by atoms with Gasteiger partial charge in [0.1, 0.15) is 0 Å². The number of phosphoric acid groups is 1. The van der Waals surface area contributed by atoms with Gasteiger partial charge in [-0.3, -0.25) is 4.57 Å². The third-order valence-corrected chi connectivity index (χ3v) is 10.5. The number of quaternary nitrogens is 1. The first-order chi connectivity index (χ1) is 21.8. The maximum atomic E-state index is 9.95. The van der Waals surface area contributed by atoms with E-state index in [9.17, 15) is 9.46 Å². The molecule has 0 heterocycles. The Hall–Kier alpha value is 0.0700. The lowest BCUT2D eigenvalue weighted by molar-refractivity contribution is -0.910. The van der Waals surface area contributed by atoms with Crippen molar-refractivity contribution in [2.24, 2.45) is 0 Å². The molecule has 274 valence electrons. The maximum absolute atomic E-state index is 9.95. The highest BCUT2D eigenvalue weighted by Gasteiger charge is 2.20. The van der Waals surface area contributed by atoms with E-state index in [1.54, 1.807) is 0 Å². The first kappa shape index (κ1) is 47.2. The van der Waals surface area contributed by atoms with E-state index in [2.05, 4.69) is 36.9 Å². The molecule has 0 radical (unpaired) electrons. The minimum atomic E-state index is -3.90. The number of nitrogens with zero attached hydrogens (tertiary/aromatic N) is 1. The van der Waals surface area contributed by atoms with Crippen molar-refractivity contribution >= 4 is 7.82 Å². The van der Waals surface area contributed by atoms with E-state index < -0.39 is 7.82 Å². The highest BCUT2D eigenvalue weighted by atomic mass is 31.2. The van der Waals surface area contributed by atoms with Crippen LogP contribution >= 0.6 is 7.82 Å². The molecule has 0 bridgehead atoms. The van der Waals surface area contributed by atoms with Crippen LogP contribution in [0, 0.1) is 0 Å². The van der Waals surface area contributed by atoms with E-state index in [0.717, 1.165) is 14.2 Å². The van der Waals surface area contributed by atoms with Crippen LogP contribution in [0.1, 0.15) is 213 Å². The van der Waals surface area contributed by atoms with Gasteiger partial charge in [0.05, 0.1) is 26.7 Å². The summed E-state index contributed by atoms with van der Waals surface area (Å²) in [7, 11) is 0.780. The molecular formula is C39H84NO4P. The van der Waals surface area contributed by atoms with E-state index in [-0.39, 0.29) is 0 Å². The Morgan fingerprint density at radius 2 is 0.578 bits per heavy atom. The van der Waals surface area contributed by atoms with Gasteiger partial charge in [0.2, 0.25) is 0 Å². The molecular weight excluding hydrogens is 577 g/mol. The Balaban J connectivity index is 0. The molecule has 0 aromatic carbocycles. The fraction of sp³-hybridized carbons (Fsp3) is 1.00. The van der Waals surface area contributed by atoms with Gasteiger partial charge in [0.25, 0.3) is 7.82 Å². The lowest BCUT2D eigenvalue weighted by Crippen LogP contribution is -2.46. The van der Waals surface area contributed by atoms with Crippen LogP contribution in [0.15, 0.2) is 0 Å². The molecule has 45 heavy (non-hydrogen) atoms. The topological polar surface area (TPSA) is 58.6 Å². The number of hydrogen-bond donors (Lipinski definition) is 0. The van der Waals surface area contributed by atoms with Crippen molar-refractivity contribution < 1.29 is 23.0 Å². The Labute approximate surface area is 284 Å². The Bertz CT molecular complexity index is 536. The molecule has 0 unspecified atom stereocenters. The third-order valence-electron chi connectivity index (χ3n) is 9.60. The number of phosphoric ester groups is 1. The zero-order valence-electron chi connectivity index (χ0n) is 31.9. The molecule has 0 aliphatic carbocycles. The molecule has 0 aliphatic heterocycles. The summed E-state index contributed by atoms with van der Waals surface area (Å²) in [5.41, 5.74) is 0. The molecule has 0 atom stereocenters. The van der Waals surface area contributed by atoms with Crippen molar-refractivity contribution in [2.45, 2.75) is 213 Å². The molecule has 0 rings (SSSR count). The molecule has 0 fully saturated rings. The van der Waals surface area contributed by atoms with E-state index in [4.69, 9.17) is 0 Å². The summed E-state index contributed by atoms with van der Waals surface area (Å²) in [5.74, 6) is 0. The van der Waals surface area contributed by atoms with Crippen molar-refractivity contribution in [1.82, 2.24) is 0 Å². The number of rotatable bonds is 35. The molecule has 0 N–H and O–H groups in total. The van der Waals surface area contributed by atoms with E-state index >= 15 is 0 Å². The standard InChI is InChI=1S/C37H78N.C2H7O4P/c1-5-8-11-14-17-20-23-26-29-32-35-38(4,36-33-30-27-24-21-18-15-12-9-6-2)37-34-31-28-25-22-19-16-13-10-7-3;1-5-7(3,4)6-2/h5-37H2,1-4H3;1-2H3,(H,3,4)/q+1;/p-1. The second-order valence-electron chi connectivity index (χ2n) is 14.1. The number of hydrogen-bond acceptors (Lipinski definition) is 4. The fourth-order valence-corrected chi connectivity index (χ4v) is 6.50. The van der Waals surface area contributed by atoms with E-state index in [1.807, 2.05) is 0 Å². The maximum Gasteiger partial charge on any atom is 0.267 e. The lowest BCUT2D eigenvalue weighted by Gasteiger charge is -2.35.